The van der Waals surface area contributed by atoms with E-state index in [1.807, 2.05) is 0 Å². The average molecular weight is 304 g/mol. The lowest BCUT2D eigenvalue weighted by atomic mass is 10.2. The predicted molar refractivity (Wildman–Crippen MR) is 50.5 cm³/mol. The molecule has 0 radical (unpaired) electrons. The van der Waals surface area contributed by atoms with Crippen molar-refractivity contribution >= 4 is 26.0 Å². The fourth-order valence-corrected chi connectivity index (χ4v) is 1.91. The fourth-order valence-electron chi connectivity index (χ4n) is 0.899. The molecule has 0 saturated carbocycles. The number of hydrogen-bond donors (Lipinski definition) is 1. The van der Waals surface area contributed by atoms with Gasteiger partial charge in [-0.2, -0.15) is 13.2 Å². The van der Waals surface area contributed by atoms with E-state index in [4.69, 9.17) is 5.14 Å². The lowest BCUT2D eigenvalue weighted by Gasteiger charge is -2.09. The van der Waals surface area contributed by atoms with Gasteiger partial charge in [-0.1, -0.05) is 15.9 Å². The van der Waals surface area contributed by atoms with Crippen LogP contribution in [0.3, 0.4) is 0 Å². The van der Waals surface area contributed by atoms with E-state index >= 15 is 0 Å². The van der Waals surface area contributed by atoms with Crippen LogP contribution in [0.5, 0.6) is 0 Å². The molecule has 15 heavy (non-hydrogen) atoms. The third kappa shape index (κ3) is 2.93. The van der Waals surface area contributed by atoms with Crippen LogP contribution in [-0.2, 0) is 16.2 Å². The summed E-state index contributed by atoms with van der Waals surface area (Å²) >= 11 is 2.68. The zero-order valence-electron chi connectivity index (χ0n) is 7.05. The number of halogens is 4. The minimum Gasteiger partial charge on any atom is -0.225 e. The molecule has 2 N–H and O–H groups in total. The topological polar surface area (TPSA) is 60.2 Å². The van der Waals surface area contributed by atoms with Crippen LogP contribution in [-0.4, -0.2) is 8.42 Å². The molecule has 0 unspecified atom stereocenters. The largest absolute Gasteiger partial charge is 0.417 e. The molecule has 0 spiro atoms. The van der Waals surface area contributed by atoms with Gasteiger partial charge in [0.2, 0.25) is 10.0 Å². The van der Waals surface area contributed by atoms with E-state index in [1.54, 1.807) is 0 Å². The van der Waals surface area contributed by atoms with Crippen LogP contribution in [0.1, 0.15) is 5.56 Å². The van der Waals surface area contributed by atoms with Crippen molar-refractivity contribution in [3.05, 3.63) is 28.2 Å². The first-order chi connectivity index (χ1) is 6.62. The highest BCUT2D eigenvalue weighted by Crippen LogP contribution is 2.35. The molecule has 3 nitrogen and oxygen atoms in total. The summed E-state index contributed by atoms with van der Waals surface area (Å²) in [5.41, 5.74) is -1.07. The first kappa shape index (κ1) is 12.5. The van der Waals surface area contributed by atoms with E-state index in [-0.39, 0.29) is 4.47 Å². The summed E-state index contributed by atoms with van der Waals surface area (Å²) < 4.78 is 58.5. The predicted octanol–water partition coefficient (Wildman–Crippen LogP) is 2.12. The van der Waals surface area contributed by atoms with Crippen molar-refractivity contribution in [3.63, 3.8) is 0 Å². The molecular formula is C7H5BrF3NO2S. The Hall–Kier alpha value is -0.600. The summed E-state index contributed by atoms with van der Waals surface area (Å²) in [4.78, 5) is -0.571. The second-order valence-electron chi connectivity index (χ2n) is 2.68. The molecule has 1 rings (SSSR count). The number of benzene rings is 1. The number of alkyl halides is 3. The Balaban J connectivity index is 3.43. The molecule has 0 amide bonds. The quantitative estimate of drug-likeness (QED) is 0.864. The Morgan fingerprint density at radius 1 is 1.27 bits per heavy atom. The molecule has 0 saturated heterocycles. The van der Waals surface area contributed by atoms with Crippen LogP contribution in [0.15, 0.2) is 27.6 Å². The van der Waals surface area contributed by atoms with Crippen molar-refractivity contribution in [2.45, 2.75) is 11.1 Å². The van der Waals surface area contributed by atoms with Gasteiger partial charge in [-0.25, -0.2) is 13.6 Å². The maximum Gasteiger partial charge on any atom is 0.417 e. The molecule has 0 aromatic heterocycles. The van der Waals surface area contributed by atoms with E-state index in [2.05, 4.69) is 15.9 Å². The molecular weight excluding hydrogens is 299 g/mol. The van der Waals surface area contributed by atoms with E-state index in [0.29, 0.717) is 6.07 Å². The summed E-state index contributed by atoms with van der Waals surface area (Å²) in [6, 6.07) is 2.47. The van der Waals surface area contributed by atoms with Gasteiger partial charge >= 0.3 is 6.18 Å². The van der Waals surface area contributed by atoms with E-state index < -0.39 is 26.7 Å². The van der Waals surface area contributed by atoms with Gasteiger partial charge in [-0.05, 0) is 18.2 Å². The third-order valence-corrected chi connectivity index (χ3v) is 3.17. The number of primary sulfonamides is 1. The van der Waals surface area contributed by atoms with Crippen LogP contribution >= 0.6 is 15.9 Å². The van der Waals surface area contributed by atoms with Crippen molar-refractivity contribution in [3.8, 4) is 0 Å². The smallest absolute Gasteiger partial charge is 0.225 e. The Bertz CT molecular complexity index is 483. The lowest BCUT2D eigenvalue weighted by Crippen LogP contribution is -2.14. The fraction of sp³-hybridized carbons (Fsp3) is 0.143. The Morgan fingerprint density at radius 2 is 1.80 bits per heavy atom. The van der Waals surface area contributed by atoms with Crippen LogP contribution in [0.25, 0.3) is 0 Å². The van der Waals surface area contributed by atoms with Crippen molar-refractivity contribution in [2.75, 3.05) is 0 Å². The molecule has 0 fully saturated rings. The molecule has 84 valence electrons. The zero-order valence-corrected chi connectivity index (χ0v) is 9.45. The molecule has 8 heteroatoms. The molecule has 0 bridgehead atoms. The summed E-state index contributed by atoms with van der Waals surface area (Å²) in [7, 11) is -4.12. The van der Waals surface area contributed by atoms with Gasteiger partial charge in [-0.15, -0.1) is 0 Å². The molecule has 0 atom stereocenters. The number of hydrogen-bond acceptors (Lipinski definition) is 2. The zero-order chi connectivity index (χ0) is 11.9. The van der Waals surface area contributed by atoms with Crippen molar-refractivity contribution in [2.24, 2.45) is 5.14 Å². The number of nitrogens with two attached hydrogens (primary N) is 1. The van der Waals surface area contributed by atoms with Crippen molar-refractivity contribution < 1.29 is 21.6 Å². The Morgan fingerprint density at radius 3 is 2.20 bits per heavy atom. The van der Waals surface area contributed by atoms with Crippen molar-refractivity contribution in [1.82, 2.24) is 0 Å². The SMILES string of the molecule is NS(=O)(=O)c1ccc(Br)c(C(F)(F)F)c1. The normalized spacial score (nSPS) is 12.9. The first-order valence-corrected chi connectivity index (χ1v) is 5.86. The minimum absolute atomic E-state index is 0.234. The molecule has 0 aliphatic carbocycles. The minimum atomic E-state index is -4.63. The summed E-state index contributed by atoms with van der Waals surface area (Å²) in [6.45, 7) is 0. The molecule has 1 aromatic rings. The number of rotatable bonds is 1. The van der Waals surface area contributed by atoms with Gasteiger partial charge in [0.25, 0.3) is 0 Å². The summed E-state index contributed by atoms with van der Waals surface area (Å²) in [5.74, 6) is 0. The Labute approximate surface area is 92.3 Å². The Kier molecular flexibility index (Phi) is 3.13. The maximum atomic E-state index is 12.4. The van der Waals surface area contributed by atoms with Gasteiger partial charge in [0.15, 0.2) is 0 Å². The van der Waals surface area contributed by atoms with Gasteiger partial charge in [0.05, 0.1) is 10.5 Å². The monoisotopic (exact) mass is 303 g/mol. The average Bonchev–Trinajstić information content (AvgIpc) is 2.00. The second kappa shape index (κ2) is 3.76. The van der Waals surface area contributed by atoms with Crippen LogP contribution in [0.2, 0.25) is 0 Å². The standard InChI is InChI=1S/C7H5BrF3NO2S/c8-6-2-1-4(15(12,13)14)3-5(6)7(9,10)11/h1-3H,(H2,12,13,14). The molecule has 0 heterocycles. The van der Waals surface area contributed by atoms with Gasteiger partial charge in [0, 0.05) is 4.47 Å². The number of sulfonamides is 1. The van der Waals surface area contributed by atoms with Crippen LogP contribution in [0.4, 0.5) is 13.2 Å². The van der Waals surface area contributed by atoms with Gasteiger partial charge in [-0.3, -0.25) is 0 Å². The molecule has 1 aromatic carbocycles. The molecule has 0 aliphatic heterocycles. The highest BCUT2D eigenvalue weighted by molar-refractivity contribution is 9.10. The molecule has 0 aliphatic rings. The first-order valence-electron chi connectivity index (χ1n) is 3.52. The van der Waals surface area contributed by atoms with Crippen molar-refractivity contribution in [1.29, 1.82) is 0 Å². The lowest BCUT2D eigenvalue weighted by molar-refractivity contribution is -0.138. The van der Waals surface area contributed by atoms with E-state index in [9.17, 15) is 21.6 Å². The summed E-state index contributed by atoms with van der Waals surface area (Å²) in [5, 5.41) is 4.71. The van der Waals surface area contributed by atoms with Crippen LogP contribution < -0.4 is 5.14 Å². The van der Waals surface area contributed by atoms with Gasteiger partial charge < -0.3 is 0 Å². The van der Waals surface area contributed by atoms with Gasteiger partial charge in [0.1, 0.15) is 0 Å². The highest BCUT2D eigenvalue weighted by Gasteiger charge is 2.33. The highest BCUT2D eigenvalue weighted by atomic mass is 79.9. The third-order valence-electron chi connectivity index (χ3n) is 1.57. The van der Waals surface area contributed by atoms with E-state index in [1.165, 1.54) is 0 Å². The maximum absolute atomic E-state index is 12.4. The van der Waals surface area contributed by atoms with Crippen LogP contribution in [0, 0.1) is 0 Å². The van der Waals surface area contributed by atoms with E-state index in [0.717, 1.165) is 12.1 Å². The summed E-state index contributed by atoms with van der Waals surface area (Å²) in [6.07, 6.45) is -4.63. The second-order valence-corrected chi connectivity index (χ2v) is 5.10.